The molecule has 0 aliphatic carbocycles. The van der Waals surface area contributed by atoms with Crippen LogP contribution in [0, 0.1) is 18.3 Å². The van der Waals surface area contributed by atoms with E-state index < -0.39 is 0 Å². The number of hydrogen-bond donors (Lipinski definition) is 3. The molecule has 1 amide bonds. The number of anilines is 1. The Morgan fingerprint density at radius 3 is 2.78 bits per heavy atom. The molecule has 3 N–H and O–H groups in total. The molecule has 23 heavy (non-hydrogen) atoms. The van der Waals surface area contributed by atoms with E-state index in [0.29, 0.717) is 5.56 Å². The van der Waals surface area contributed by atoms with Crippen molar-refractivity contribution in [2.75, 3.05) is 5.32 Å². The molecule has 0 aliphatic rings. The number of carbonyl (C=O) groups is 1. The van der Waals surface area contributed by atoms with Crippen LogP contribution in [0.5, 0.6) is 0 Å². The summed E-state index contributed by atoms with van der Waals surface area (Å²) >= 11 is 0. The van der Waals surface area contributed by atoms with Gasteiger partial charge in [0.1, 0.15) is 11.6 Å². The summed E-state index contributed by atoms with van der Waals surface area (Å²) in [6.45, 7) is 5.70. The molecule has 2 aromatic rings. The number of carbonyl (C=O) groups excluding carboxylic acids is 1. The molecule has 0 fully saturated rings. The predicted molar refractivity (Wildman–Crippen MR) is 85.2 cm³/mol. The number of H-pyrrole nitrogens is 1. The van der Waals surface area contributed by atoms with Crippen LogP contribution in [-0.2, 0) is 0 Å². The van der Waals surface area contributed by atoms with Gasteiger partial charge in [-0.3, -0.25) is 4.79 Å². The molecule has 0 saturated carbocycles. The fourth-order valence-corrected chi connectivity index (χ4v) is 1.89. The summed E-state index contributed by atoms with van der Waals surface area (Å²) in [5.74, 6) is 0.0975. The minimum atomic E-state index is -0.116. The summed E-state index contributed by atoms with van der Waals surface area (Å²) < 4.78 is 0. The Labute approximate surface area is 133 Å². The summed E-state index contributed by atoms with van der Waals surface area (Å²) in [4.78, 5) is 12.0. The number of aromatic amines is 1. The highest BCUT2D eigenvalue weighted by molar-refractivity contribution is 5.95. The number of nitrogens with zero attached hydrogens (tertiary/aromatic N) is 4. The second kappa shape index (κ2) is 7.17. The van der Waals surface area contributed by atoms with Gasteiger partial charge in [0.05, 0.1) is 0 Å². The smallest absolute Gasteiger partial charge is 0.251 e. The van der Waals surface area contributed by atoms with Crippen LogP contribution in [0.15, 0.2) is 24.4 Å². The predicted octanol–water partition coefficient (Wildman–Crippen LogP) is 1.62. The van der Waals surface area contributed by atoms with E-state index in [0.717, 1.165) is 11.3 Å². The molecule has 0 saturated heterocycles. The van der Waals surface area contributed by atoms with E-state index in [4.69, 9.17) is 5.26 Å². The Morgan fingerprint density at radius 1 is 1.43 bits per heavy atom. The fourth-order valence-electron chi connectivity index (χ4n) is 1.89. The number of aromatic nitrogens is 4. The van der Waals surface area contributed by atoms with Gasteiger partial charge < -0.3 is 10.6 Å². The van der Waals surface area contributed by atoms with Crippen molar-refractivity contribution in [3.8, 4) is 6.07 Å². The van der Waals surface area contributed by atoms with Gasteiger partial charge in [-0.2, -0.15) is 10.5 Å². The Balaban J connectivity index is 2.16. The molecule has 0 bridgehead atoms. The number of benzene rings is 1. The Bertz CT molecular complexity index is 757. The lowest BCUT2D eigenvalue weighted by atomic mass is 10.1. The third-order valence-corrected chi connectivity index (χ3v) is 2.99. The van der Waals surface area contributed by atoms with Gasteiger partial charge in [0, 0.05) is 23.5 Å². The lowest BCUT2D eigenvalue weighted by Gasteiger charge is -2.11. The summed E-state index contributed by atoms with van der Waals surface area (Å²) in [6, 6.07) is 7.37. The lowest BCUT2D eigenvalue weighted by Crippen LogP contribution is -2.30. The van der Waals surface area contributed by atoms with Gasteiger partial charge >= 0.3 is 0 Å². The zero-order chi connectivity index (χ0) is 16.8. The molecule has 118 valence electrons. The highest BCUT2D eigenvalue weighted by Gasteiger charge is 2.09. The number of nitrogens with one attached hydrogen (secondary N) is 3. The number of allylic oxidation sites excluding steroid dienone is 1. The summed E-state index contributed by atoms with van der Waals surface area (Å²) in [5.41, 5.74) is 2.49. The molecule has 1 heterocycles. The molecule has 0 radical (unpaired) electrons. The minimum absolute atomic E-state index is 0.0803. The van der Waals surface area contributed by atoms with Crippen molar-refractivity contribution >= 4 is 17.2 Å². The molecular weight excluding hydrogens is 294 g/mol. The van der Waals surface area contributed by atoms with E-state index in [1.54, 1.807) is 18.2 Å². The van der Waals surface area contributed by atoms with Crippen molar-refractivity contribution in [3.05, 3.63) is 41.4 Å². The fraction of sp³-hybridized carbons (Fsp3) is 0.267. The number of nitriles is 1. The van der Waals surface area contributed by atoms with Crippen molar-refractivity contribution in [1.29, 1.82) is 5.26 Å². The summed E-state index contributed by atoms with van der Waals surface area (Å²) in [5, 5.41) is 28.2. The first-order valence-electron chi connectivity index (χ1n) is 7.03. The molecule has 0 aliphatic heterocycles. The number of hydrogen-bond acceptors (Lipinski definition) is 6. The van der Waals surface area contributed by atoms with Crippen LogP contribution >= 0.6 is 0 Å². The minimum Gasteiger partial charge on any atom is -0.360 e. The zero-order valence-corrected chi connectivity index (χ0v) is 13.1. The molecule has 0 spiro atoms. The number of amides is 1. The van der Waals surface area contributed by atoms with Gasteiger partial charge in [-0.1, -0.05) is 0 Å². The van der Waals surface area contributed by atoms with Crippen molar-refractivity contribution in [1.82, 2.24) is 25.9 Å². The molecule has 0 atom stereocenters. The lowest BCUT2D eigenvalue weighted by molar-refractivity contribution is 0.0943. The van der Waals surface area contributed by atoms with E-state index in [9.17, 15) is 4.79 Å². The van der Waals surface area contributed by atoms with E-state index in [1.165, 1.54) is 6.20 Å². The van der Waals surface area contributed by atoms with Gasteiger partial charge in [-0.05, 0) is 49.7 Å². The molecule has 8 nitrogen and oxygen atoms in total. The first-order valence-corrected chi connectivity index (χ1v) is 7.03. The van der Waals surface area contributed by atoms with E-state index in [-0.39, 0.29) is 23.3 Å². The Morgan fingerprint density at radius 2 is 2.22 bits per heavy atom. The van der Waals surface area contributed by atoms with Crippen LogP contribution < -0.4 is 10.6 Å². The number of tetrazole rings is 1. The van der Waals surface area contributed by atoms with Crippen LogP contribution in [0.2, 0.25) is 0 Å². The van der Waals surface area contributed by atoms with Crippen LogP contribution in [0.3, 0.4) is 0 Å². The van der Waals surface area contributed by atoms with Crippen molar-refractivity contribution < 1.29 is 4.79 Å². The third-order valence-electron chi connectivity index (χ3n) is 2.99. The zero-order valence-electron chi connectivity index (χ0n) is 13.1. The molecule has 2 rings (SSSR count). The molecule has 8 heteroatoms. The van der Waals surface area contributed by atoms with E-state index in [2.05, 4.69) is 31.3 Å². The Kier molecular flexibility index (Phi) is 5.04. The van der Waals surface area contributed by atoms with Crippen LogP contribution in [-0.4, -0.2) is 32.6 Å². The van der Waals surface area contributed by atoms with E-state index in [1.807, 2.05) is 26.8 Å². The quantitative estimate of drug-likeness (QED) is 0.722. The Hall–Kier alpha value is -3.21. The standard InChI is InChI=1S/C15H17N7O/c1-9(2)18-15(23)11-4-5-13(10(3)6-11)17-8-12(7-16)14-19-21-22-20-14/h4-6,8-9,17H,1-3H3,(H,18,23)(H,19,20,21,22). The van der Waals surface area contributed by atoms with Crippen LogP contribution in [0.1, 0.15) is 35.6 Å². The summed E-state index contributed by atoms with van der Waals surface area (Å²) in [7, 11) is 0. The van der Waals surface area contributed by atoms with E-state index >= 15 is 0 Å². The van der Waals surface area contributed by atoms with Gasteiger partial charge in [0.2, 0.25) is 5.82 Å². The first kappa shape index (κ1) is 16.2. The monoisotopic (exact) mass is 311 g/mol. The number of rotatable bonds is 5. The highest BCUT2D eigenvalue weighted by Crippen LogP contribution is 2.18. The van der Waals surface area contributed by atoms with Gasteiger partial charge in [0.25, 0.3) is 5.91 Å². The SMILES string of the molecule is Cc1cc(C(=O)NC(C)C)ccc1NC=C(C#N)c1nn[nH]n1. The number of aryl methyl sites for hydroxylation is 1. The van der Waals surface area contributed by atoms with Gasteiger partial charge in [-0.15, -0.1) is 10.2 Å². The van der Waals surface area contributed by atoms with Gasteiger partial charge in [0.15, 0.2) is 0 Å². The molecular formula is C15H17N7O. The van der Waals surface area contributed by atoms with Crippen LogP contribution in [0.4, 0.5) is 5.69 Å². The maximum atomic E-state index is 12.0. The second-order valence-corrected chi connectivity index (χ2v) is 5.21. The maximum absolute atomic E-state index is 12.0. The summed E-state index contributed by atoms with van der Waals surface area (Å²) in [6.07, 6.45) is 1.50. The topological polar surface area (TPSA) is 119 Å². The van der Waals surface area contributed by atoms with Gasteiger partial charge in [-0.25, -0.2) is 0 Å². The average Bonchev–Trinajstić information content (AvgIpc) is 3.02. The first-order chi connectivity index (χ1) is 11.0. The highest BCUT2D eigenvalue weighted by atomic mass is 16.1. The second-order valence-electron chi connectivity index (χ2n) is 5.21. The normalized spacial score (nSPS) is 11.2. The third kappa shape index (κ3) is 4.14. The molecule has 0 unspecified atom stereocenters. The van der Waals surface area contributed by atoms with Crippen LogP contribution in [0.25, 0.3) is 5.57 Å². The van der Waals surface area contributed by atoms with Crippen molar-refractivity contribution in [2.24, 2.45) is 0 Å². The maximum Gasteiger partial charge on any atom is 0.251 e. The van der Waals surface area contributed by atoms with Crippen molar-refractivity contribution in [3.63, 3.8) is 0 Å². The largest absolute Gasteiger partial charge is 0.360 e. The molecule has 1 aromatic carbocycles. The van der Waals surface area contributed by atoms with Crippen molar-refractivity contribution in [2.45, 2.75) is 26.8 Å². The molecule has 1 aromatic heterocycles. The average molecular weight is 311 g/mol.